The summed E-state index contributed by atoms with van der Waals surface area (Å²) in [5.74, 6) is 0.386. The van der Waals surface area contributed by atoms with E-state index in [0.29, 0.717) is 23.0 Å². The first-order chi connectivity index (χ1) is 14.9. The van der Waals surface area contributed by atoms with Crippen molar-refractivity contribution in [3.63, 3.8) is 0 Å². The largest absolute Gasteiger partial charge is 0.350 e. The van der Waals surface area contributed by atoms with Gasteiger partial charge in [-0.2, -0.15) is 5.10 Å². The van der Waals surface area contributed by atoms with Crippen molar-refractivity contribution in [2.45, 2.75) is 59.0 Å². The number of rotatable bonds is 7. The van der Waals surface area contributed by atoms with Crippen LogP contribution in [-0.4, -0.2) is 38.5 Å². The van der Waals surface area contributed by atoms with E-state index in [-0.39, 0.29) is 17.9 Å². The summed E-state index contributed by atoms with van der Waals surface area (Å²) in [5, 5.41) is 13.6. The van der Waals surface area contributed by atoms with Crippen molar-refractivity contribution in [1.29, 1.82) is 0 Å². The minimum atomic E-state index is -0.127. The van der Waals surface area contributed by atoms with E-state index in [1.807, 2.05) is 45.9 Å². The van der Waals surface area contributed by atoms with Gasteiger partial charge in [0.2, 0.25) is 0 Å². The van der Waals surface area contributed by atoms with E-state index in [1.54, 1.807) is 10.7 Å². The molecule has 8 heteroatoms. The Balaban J connectivity index is 1.66. The number of benzene rings is 1. The third-order valence-electron chi connectivity index (χ3n) is 5.73. The molecule has 2 aromatic heterocycles. The second-order valence-electron chi connectivity index (χ2n) is 8.25. The summed E-state index contributed by atoms with van der Waals surface area (Å²) in [5.41, 5.74) is 4.46. The minimum Gasteiger partial charge on any atom is -0.350 e. The molecule has 1 aromatic carbocycles. The molecule has 1 saturated carbocycles. The number of nitrogens with zero attached hydrogens (tertiary/aromatic N) is 3. The molecule has 4 rings (SSSR count). The summed E-state index contributed by atoms with van der Waals surface area (Å²) in [4.78, 5) is 29.6. The third-order valence-corrected chi connectivity index (χ3v) is 5.73. The van der Waals surface area contributed by atoms with E-state index in [1.165, 1.54) is 6.33 Å². The Hall–Kier alpha value is -3.42. The molecule has 31 heavy (non-hydrogen) atoms. The highest BCUT2D eigenvalue weighted by molar-refractivity contribution is 5.99. The average molecular weight is 421 g/mol. The number of anilines is 2. The molecule has 1 aliphatic carbocycles. The van der Waals surface area contributed by atoms with Gasteiger partial charge in [0.15, 0.2) is 5.82 Å². The number of nitrogens with one attached hydrogen (secondary N) is 3. The van der Waals surface area contributed by atoms with Crippen LogP contribution in [0, 0.1) is 13.8 Å². The van der Waals surface area contributed by atoms with Gasteiger partial charge in [-0.25, -0.2) is 9.50 Å². The van der Waals surface area contributed by atoms with E-state index in [9.17, 15) is 9.59 Å². The predicted molar refractivity (Wildman–Crippen MR) is 120 cm³/mol. The molecule has 2 amide bonds. The monoisotopic (exact) mass is 420 g/mol. The summed E-state index contributed by atoms with van der Waals surface area (Å²) in [6, 6.07) is 5.97. The van der Waals surface area contributed by atoms with Crippen molar-refractivity contribution in [2.75, 3.05) is 5.32 Å². The molecule has 0 aliphatic heterocycles. The van der Waals surface area contributed by atoms with Crippen molar-refractivity contribution in [3.05, 3.63) is 53.0 Å². The van der Waals surface area contributed by atoms with Gasteiger partial charge in [-0.15, -0.1) is 0 Å². The number of carbonyl (C=O) groups is 2. The van der Waals surface area contributed by atoms with E-state index in [0.717, 1.165) is 41.6 Å². The summed E-state index contributed by atoms with van der Waals surface area (Å²) < 4.78 is 1.66. The highest BCUT2D eigenvalue weighted by Gasteiger charge is 2.24. The fourth-order valence-electron chi connectivity index (χ4n) is 3.41. The van der Waals surface area contributed by atoms with Crippen LogP contribution in [0.25, 0.3) is 5.52 Å². The van der Waals surface area contributed by atoms with E-state index < -0.39 is 0 Å². The molecule has 0 unspecified atom stereocenters. The zero-order valence-electron chi connectivity index (χ0n) is 18.3. The van der Waals surface area contributed by atoms with Crippen molar-refractivity contribution in [3.8, 4) is 0 Å². The molecule has 8 nitrogen and oxygen atoms in total. The molecule has 0 bridgehead atoms. The second-order valence-corrected chi connectivity index (χ2v) is 8.25. The Bertz CT molecular complexity index is 1150. The minimum absolute atomic E-state index is 0.0683. The highest BCUT2D eigenvalue weighted by Crippen LogP contribution is 2.28. The zero-order chi connectivity index (χ0) is 22.1. The lowest BCUT2D eigenvalue weighted by Gasteiger charge is -2.13. The molecule has 0 radical (unpaired) electrons. The second kappa shape index (κ2) is 8.37. The van der Waals surface area contributed by atoms with Gasteiger partial charge in [-0.3, -0.25) is 9.59 Å². The van der Waals surface area contributed by atoms with Gasteiger partial charge >= 0.3 is 0 Å². The summed E-state index contributed by atoms with van der Waals surface area (Å²) in [6.45, 7) is 7.87. The molecule has 162 valence electrons. The molecule has 1 aliphatic rings. The van der Waals surface area contributed by atoms with Crippen molar-refractivity contribution < 1.29 is 9.59 Å². The molecule has 0 saturated heterocycles. The Kier molecular flexibility index (Phi) is 5.63. The number of hydrogen-bond donors (Lipinski definition) is 3. The van der Waals surface area contributed by atoms with Crippen molar-refractivity contribution in [1.82, 2.24) is 25.2 Å². The number of amides is 2. The van der Waals surface area contributed by atoms with Gasteiger partial charge in [0.25, 0.3) is 11.8 Å². The summed E-state index contributed by atoms with van der Waals surface area (Å²) in [7, 11) is 0. The fourth-order valence-corrected chi connectivity index (χ4v) is 3.41. The first kappa shape index (κ1) is 20.8. The zero-order valence-corrected chi connectivity index (χ0v) is 18.3. The molecule has 1 atom stereocenters. The maximum atomic E-state index is 12.7. The SMILES string of the molecule is CC[C@@H](C)NC(=O)c1cn2ncnc(Nc3cc(C(=O)NC4CC4)ccc3C)c2c1C. The number of aryl methyl sites for hydroxylation is 2. The molecular weight excluding hydrogens is 392 g/mol. The maximum Gasteiger partial charge on any atom is 0.253 e. The number of hydrogen-bond acceptors (Lipinski definition) is 5. The van der Waals surface area contributed by atoms with Crippen molar-refractivity contribution >= 4 is 28.8 Å². The molecule has 2 heterocycles. The Labute approximate surface area is 181 Å². The van der Waals surface area contributed by atoms with Gasteiger partial charge in [0, 0.05) is 29.5 Å². The lowest BCUT2D eigenvalue weighted by molar-refractivity contribution is 0.0934. The topological polar surface area (TPSA) is 100 Å². The van der Waals surface area contributed by atoms with Gasteiger partial charge in [-0.05, 0) is 63.3 Å². The van der Waals surface area contributed by atoms with Crippen LogP contribution in [0.1, 0.15) is 65.0 Å². The normalized spacial score (nSPS) is 14.3. The number of aromatic nitrogens is 3. The van der Waals surface area contributed by atoms with Crippen LogP contribution in [0.3, 0.4) is 0 Å². The van der Waals surface area contributed by atoms with Gasteiger partial charge in [0.05, 0.1) is 5.56 Å². The smallest absolute Gasteiger partial charge is 0.253 e. The molecule has 1 fully saturated rings. The predicted octanol–water partition coefficient (Wildman–Crippen LogP) is 3.51. The van der Waals surface area contributed by atoms with E-state index in [4.69, 9.17) is 0 Å². The number of fused-ring (bicyclic) bond motifs is 1. The number of carbonyl (C=O) groups excluding carboxylic acids is 2. The lowest BCUT2D eigenvalue weighted by atomic mass is 10.1. The van der Waals surface area contributed by atoms with Crippen LogP contribution in [0.15, 0.2) is 30.7 Å². The third kappa shape index (κ3) is 4.38. The quantitative estimate of drug-likeness (QED) is 0.543. The van der Waals surface area contributed by atoms with Crippen LogP contribution < -0.4 is 16.0 Å². The maximum absolute atomic E-state index is 12.7. The molecular formula is C23H28N6O2. The standard InChI is InChI=1S/C23H28N6O2/c1-5-14(3)26-23(31)18-11-29-20(15(18)4)21(24-12-25-29)28-19-10-16(7-6-13(19)2)22(30)27-17-8-9-17/h6-7,10-12,14,17H,5,8-9H2,1-4H3,(H,26,31)(H,27,30)(H,24,25,28)/t14-/m1/s1. The van der Waals surface area contributed by atoms with Crippen LogP contribution >= 0.6 is 0 Å². The average Bonchev–Trinajstić information content (AvgIpc) is 3.50. The Morgan fingerprint density at radius 3 is 2.71 bits per heavy atom. The summed E-state index contributed by atoms with van der Waals surface area (Å²) in [6.07, 6.45) is 6.12. The van der Waals surface area contributed by atoms with Crippen LogP contribution in [0.5, 0.6) is 0 Å². The van der Waals surface area contributed by atoms with Crippen LogP contribution in [-0.2, 0) is 0 Å². The van der Waals surface area contributed by atoms with Crippen molar-refractivity contribution in [2.24, 2.45) is 0 Å². The van der Waals surface area contributed by atoms with Crippen LogP contribution in [0.2, 0.25) is 0 Å². The fraction of sp³-hybridized carbons (Fsp3) is 0.391. The van der Waals surface area contributed by atoms with Gasteiger partial charge in [0.1, 0.15) is 11.8 Å². The van der Waals surface area contributed by atoms with Gasteiger partial charge < -0.3 is 16.0 Å². The van der Waals surface area contributed by atoms with E-state index >= 15 is 0 Å². The molecule has 3 aromatic rings. The lowest BCUT2D eigenvalue weighted by Crippen LogP contribution is -2.32. The van der Waals surface area contributed by atoms with Gasteiger partial charge in [-0.1, -0.05) is 13.0 Å². The Morgan fingerprint density at radius 1 is 1.23 bits per heavy atom. The summed E-state index contributed by atoms with van der Waals surface area (Å²) >= 11 is 0. The first-order valence-electron chi connectivity index (χ1n) is 10.7. The Morgan fingerprint density at radius 2 is 2.00 bits per heavy atom. The van der Waals surface area contributed by atoms with E-state index in [2.05, 4.69) is 26.0 Å². The highest BCUT2D eigenvalue weighted by atomic mass is 16.2. The van der Waals surface area contributed by atoms with Crippen LogP contribution in [0.4, 0.5) is 11.5 Å². The molecule has 0 spiro atoms. The molecule has 3 N–H and O–H groups in total. The first-order valence-corrected chi connectivity index (χ1v) is 10.7.